The van der Waals surface area contributed by atoms with Crippen molar-refractivity contribution in [3.05, 3.63) is 41.6 Å². The summed E-state index contributed by atoms with van der Waals surface area (Å²) in [6.07, 6.45) is 3.23. The lowest BCUT2D eigenvalue weighted by Gasteiger charge is -2.28. The highest BCUT2D eigenvalue weighted by molar-refractivity contribution is 6.14. The third kappa shape index (κ3) is 2.36. The van der Waals surface area contributed by atoms with E-state index in [-0.39, 0.29) is 29.6 Å². The van der Waals surface area contributed by atoms with Crippen LogP contribution >= 0.6 is 0 Å². The highest BCUT2D eigenvalue weighted by atomic mass is 19.2. The number of rotatable bonds is 2. The van der Waals surface area contributed by atoms with Crippen molar-refractivity contribution in [3.63, 3.8) is 0 Å². The first-order valence-corrected chi connectivity index (χ1v) is 7.09. The molecule has 4 rings (SSSR count). The fourth-order valence-corrected chi connectivity index (χ4v) is 2.50. The molecule has 2 amide bonds. The second kappa shape index (κ2) is 4.87. The summed E-state index contributed by atoms with van der Waals surface area (Å²) in [4.78, 5) is 29.4. The van der Waals surface area contributed by atoms with Gasteiger partial charge in [0.25, 0.3) is 5.91 Å². The summed E-state index contributed by atoms with van der Waals surface area (Å²) in [7, 11) is 0. The molecule has 1 aromatic carbocycles. The molecule has 0 atom stereocenters. The number of hydrogen-bond donors (Lipinski definition) is 1. The number of anilines is 2. The number of carbonyl (C=O) groups excluding carboxylic acids is 2. The predicted octanol–water partition coefficient (Wildman–Crippen LogP) is 2.43. The van der Waals surface area contributed by atoms with Crippen molar-refractivity contribution in [1.29, 1.82) is 0 Å². The molecule has 2 aliphatic rings. The zero-order valence-corrected chi connectivity index (χ0v) is 11.8. The minimum absolute atomic E-state index is 0.0303. The Bertz CT molecular complexity index is 829. The third-order valence-electron chi connectivity index (χ3n) is 3.81. The Kier molecular flexibility index (Phi) is 2.93. The molecule has 0 bridgehead atoms. The lowest BCUT2D eigenvalue weighted by Crippen LogP contribution is -2.42. The van der Waals surface area contributed by atoms with E-state index in [1.165, 1.54) is 6.20 Å². The molecule has 8 heteroatoms. The van der Waals surface area contributed by atoms with Crippen LogP contribution in [0.15, 0.2) is 22.7 Å². The Morgan fingerprint density at radius 3 is 2.78 bits per heavy atom. The van der Waals surface area contributed by atoms with Gasteiger partial charge in [-0.3, -0.25) is 14.5 Å². The molecule has 0 radical (unpaired) electrons. The van der Waals surface area contributed by atoms with Gasteiger partial charge >= 0.3 is 0 Å². The summed E-state index contributed by atoms with van der Waals surface area (Å²) in [5, 5.41) is 2.41. The Labute approximate surface area is 129 Å². The number of nitrogens with one attached hydrogen (secondary N) is 1. The summed E-state index contributed by atoms with van der Waals surface area (Å²) in [5.41, 5.74) is 0.119. The molecule has 1 aromatic heterocycles. The SMILES string of the molecule is O=C1CN(C(=O)c2cnc(C3CC3)o2)c2cc(F)c(F)cc2N1. The Hall–Kier alpha value is -2.77. The molecule has 1 fully saturated rings. The van der Waals surface area contributed by atoms with Crippen molar-refractivity contribution in [2.45, 2.75) is 18.8 Å². The first-order valence-electron chi connectivity index (χ1n) is 7.09. The molecule has 2 heterocycles. The first-order chi connectivity index (χ1) is 11.0. The van der Waals surface area contributed by atoms with Gasteiger partial charge in [-0.15, -0.1) is 0 Å². The van der Waals surface area contributed by atoms with E-state index < -0.39 is 23.4 Å². The monoisotopic (exact) mass is 319 g/mol. The molecule has 6 nitrogen and oxygen atoms in total. The lowest BCUT2D eigenvalue weighted by molar-refractivity contribution is -0.115. The molecule has 0 saturated heterocycles. The Morgan fingerprint density at radius 1 is 1.30 bits per heavy atom. The molecule has 1 N–H and O–H groups in total. The van der Waals surface area contributed by atoms with Gasteiger partial charge in [0, 0.05) is 18.1 Å². The van der Waals surface area contributed by atoms with Crippen LogP contribution in [-0.4, -0.2) is 23.3 Å². The van der Waals surface area contributed by atoms with Gasteiger partial charge in [-0.2, -0.15) is 0 Å². The van der Waals surface area contributed by atoms with E-state index in [0.717, 1.165) is 29.9 Å². The summed E-state index contributed by atoms with van der Waals surface area (Å²) in [5.74, 6) is -2.63. The second-order valence-electron chi connectivity index (χ2n) is 5.56. The van der Waals surface area contributed by atoms with Crippen LogP contribution in [0.25, 0.3) is 0 Å². The minimum Gasteiger partial charge on any atom is -0.435 e. The lowest BCUT2D eigenvalue weighted by atomic mass is 10.1. The third-order valence-corrected chi connectivity index (χ3v) is 3.81. The standard InChI is InChI=1S/C15H11F2N3O3/c16-8-3-10-11(4-9(8)17)20(6-13(21)19-10)15(22)12-5-18-14(23-12)7-1-2-7/h3-5,7H,1-2,6H2,(H,19,21). The Morgan fingerprint density at radius 2 is 2.04 bits per heavy atom. The molecule has 1 saturated carbocycles. The van der Waals surface area contributed by atoms with Gasteiger partial charge in [-0.25, -0.2) is 13.8 Å². The number of aromatic nitrogens is 1. The highest BCUT2D eigenvalue weighted by Gasteiger charge is 2.33. The summed E-state index contributed by atoms with van der Waals surface area (Å²) >= 11 is 0. The van der Waals surface area contributed by atoms with Crippen LogP contribution in [-0.2, 0) is 4.79 Å². The number of nitrogens with zero attached hydrogens (tertiary/aromatic N) is 2. The molecule has 2 aromatic rings. The largest absolute Gasteiger partial charge is 0.435 e. The van der Waals surface area contributed by atoms with E-state index in [4.69, 9.17) is 4.42 Å². The van der Waals surface area contributed by atoms with Crippen molar-refractivity contribution in [3.8, 4) is 0 Å². The maximum atomic E-state index is 13.5. The van der Waals surface area contributed by atoms with Crippen molar-refractivity contribution >= 4 is 23.2 Å². The predicted molar refractivity (Wildman–Crippen MR) is 75.1 cm³/mol. The van der Waals surface area contributed by atoms with Crippen molar-refractivity contribution in [1.82, 2.24) is 4.98 Å². The topological polar surface area (TPSA) is 75.4 Å². The molecule has 23 heavy (non-hydrogen) atoms. The number of carbonyl (C=O) groups is 2. The Balaban J connectivity index is 1.71. The van der Waals surface area contributed by atoms with Crippen molar-refractivity contribution in [2.24, 2.45) is 0 Å². The maximum Gasteiger partial charge on any atom is 0.296 e. The molecule has 1 aliphatic heterocycles. The average Bonchev–Trinajstić information content (AvgIpc) is 3.25. The molecule has 0 spiro atoms. The van der Waals surface area contributed by atoms with Crippen molar-refractivity contribution < 1.29 is 22.8 Å². The molecular formula is C15H11F2N3O3. The van der Waals surface area contributed by atoms with Gasteiger partial charge in [0.2, 0.25) is 11.7 Å². The van der Waals surface area contributed by atoms with E-state index in [1.54, 1.807) is 0 Å². The van der Waals surface area contributed by atoms with Crippen LogP contribution < -0.4 is 10.2 Å². The van der Waals surface area contributed by atoms with Crippen LogP contribution in [0.4, 0.5) is 20.2 Å². The van der Waals surface area contributed by atoms with E-state index in [1.807, 2.05) is 0 Å². The molecule has 118 valence electrons. The van der Waals surface area contributed by atoms with Crippen LogP contribution in [0.3, 0.4) is 0 Å². The van der Waals surface area contributed by atoms with Gasteiger partial charge in [0.15, 0.2) is 17.5 Å². The van der Waals surface area contributed by atoms with Gasteiger partial charge in [0.1, 0.15) is 6.54 Å². The number of benzene rings is 1. The van der Waals surface area contributed by atoms with Crippen LogP contribution in [0.1, 0.15) is 35.2 Å². The molecule has 0 unspecified atom stereocenters. The number of amides is 2. The maximum absolute atomic E-state index is 13.5. The van der Waals surface area contributed by atoms with Gasteiger partial charge in [0.05, 0.1) is 17.6 Å². The number of oxazole rings is 1. The number of halogens is 2. The second-order valence-corrected chi connectivity index (χ2v) is 5.56. The zero-order chi connectivity index (χ0) is 16.1. The fourth-order valence-electron chi connectivity index (χ4n) is 2.50. The van der Waals surface area contributed by atoms with E-state index in [0.29, 0.717) is 5.89 Å². The van der Waals surface area contributed by atoms with Crippen LogP contribution in [0.2, 0.25) is 0 Å². The average molecular weight is 319 g/mol. The minimum atomic E-state index is -1.10. The smallest absolute Gasteiger partial charge is 0.296 e. The number of fused-ring (bicyclic) bond motifs is 1. The first kappa shape index (κ1) is 13.9. The van der Waals surface area contributed by atoms with E-state index >= 15 is 0 Å². The fraction of sp³-hybridized carbons (Fsp3) is 0.267. The van der Waals surface area contributed by atoms with Gasteiger partial charge < -0.3 is 9.73 Å². The zero-order valence-electron chi connectivity index (χ0n) is 11.8. The van der Waals surface area contributed by atoms with Crippen molar-refractivity contribution in [2.75, 3.05) is 16.8 Å². The summed E-state index contributed by atoms with van der Waals surface area (Å²) in [6.45, 7) is -0.309. The molecule has 1 aliphatic carbocycles. The normalized spacial score (nSPS) is 17.0. The highest BCUT2D eigenvalue weighted by Crippen LogP contribution is 2.40. The quantitative estimate of drug-likeness (QED) is 0.922. The van der Waals surface area contributed by atoms with Crippen LogP contribution in [0.5, 0.6) is 0 Å². The number of hydrogen-bond acceptors (Lipinski definition) is 4. The van der Waals surface area contributed by atoms with Gasteiger partial charge in [-0.05, 0) is 12.8 Å². The van der Waals surface area contributed by atoms with E-state index in [2.05, 4.69) is 10.3 Å². The summed E-state index contributed by atoms with van der Waals surface area (Å²) < 4.78 is 32.3. The van der Waals surface area contributed by atoms with Gasteiger partial charge in [-0.1, -0.05) is 0 Å². The van der Waals surface area contributed by atoms with Crippen LogP contribution in [0, 0.1) is 11.6 Å². The van der Waals surface area contributed by atoms with E-state index in [9.17, 15) is 18.4 Å². The molecular weight excluding hydrogens is 308 g/mol. The summed E-state index contributed by atoms with van der Waals surface area (Å²) in [6, 6.07) is 1.72.